The van der Waals surface area contributed by atoms with Crippen LogP contribution in [0.1, 0.15) is 53.0 Å². The first-order chi connectivity index (χ1) is 16.0. The van der Waals surface area contributed by atoms with E-state index in [1.54, 1.807) is 24.0 Å². The Balaban J connectivity index is 2.08. The largest absolute Gasteiger partial charge is 0.466 e. The Morgan fingerprint density at radius 3 is 2.74 bits per heavy atom. The molecule has 2 unspecified atom stereocenters. The highest BCUT2D eigenvalue weighted by atomic mass is 16.6. The van der Waals surface area contributed by atoms with E-state index in [-0.39, 0.29) is 29.7 Å². The van der Waals surface area contributed by atoms with Crippen LogP contribution in [0.2, 0.25) is 0 Å². The van der Waals surface area contributed by atoms with Crippen LogP contribution in [-0.2, 0) is 20.7 Å². The number of hydrogen-bond acceptors (Lipinski definition) is 8. The van der Waals surface area contributed by atoms with Crippen molar-refractivity contribution in [2.75, 3.05) is 38.1 Å². The normalized spacial score (nSPS) is 17.1. The molecule has 34 heavy (non-hydrogen) atoms. The number of nitrogens with zero attached hydrogens (tertiary/aromatic N) is 2. The third-order valence-electron chi connectivity index (χ3n) is 5.49. The standard InChI is InChI=1S/C24H38N4O6/c1-6-33-22(29)10-7-17(2)15-26-20-14-18(8-9-21(20)28(31)32)13-19-16-25-11-12-27(19)23(30)34-24(3,4)5/h8-9,14,17,19,25-26H,6-7,10-13,15-16H2,1-5H3. The molecule has 0 saturated carbocycles. The molecule has 1 fully saturated rings. The summed E-state index contributed by atoms with van der Waals surface area (Å²) >= 11 is 0. The second-order valence-electron chi connectivity index (χ2n) is 9.67. The summed E-state index contributed by atoms with van der Waals surface area (Å²) in [7, 11) is 0. The van der Waals surface area contributed by atoms with Gasteiger partial charge in [0.15, 0.2) is 0 Å². The number of carbonyl (C=O) groups excluding carboxylic acids is 2. The van der Waals surface area contributed by atoms with Gasteiger partial charge in [0.25, 0.3) is 5.69 Å². The molecular formula is C24H38N4O6. The second-order valence-corrected chi connectivity index (χ2v) is 9.67. The Kier molecular flexibility index (Phi) is 10.1. The number of amides is 1. The number of nitro benzene ring substituents is 1. The summed E-state index contributed by atoms with van der Waals surface area (Å²) < 4.78 is 10.5. The molecule has 10 heteroatoms. The molecule has 0 aromatic heterocycles. The number of esters is 1. The van der Waals surface area contributed by atoms with Crippen molar-refractivity contribution in [1.82, 2.24) is 10.2 Å². The van der Waals surface area contributed by atoms with Crippen molar-refractivity contribution < 1.29 is 24.0 Å². The molecule has 0 radical (unpaired) electrons. The van der Waals surface area contributed by atoms with Gasteiger partial charge in [-0.3, -0.25) is 14.9 Å². The van der Waals surface area contributed by atoms with E-state index in [1.807, 2.05) is 27.7 Å². The van der Waals surface area contributed by atoms with Gasteiger partial charge in [0.2, 0.25) is 0 Å². The number of nitrogens with one attached hydrogen (secondary N) is 2. The Labute approximate surface area is 201 Å². The molecule has 1 aromatic rings. The molecule has 1 heterocycles. The lowest BCUT2D eigenvalue weighted by atomic mass is 10.0. The third-order valence-corrected chi connectivity index (χ3v) is 5.49. The molecule has 0 spiro atoms. The third kappa shape index (κ3) is 8.81. The highest BCUT2D eigenvalue weighted by molar-refractivity contribution is 5.69. The molecule has 10 nitrogen and oxygen atoms in total. The SMILES string of the molecule is CCOC(=O)CCC(C)CNc1cc(CC2CNCCN2C(=O)OC(C)(C)C)ccc1[N+](=O)[O-]. The van der Waals surface area contributed by atoms with Gasteiger partial charge in [-0.05, 0) is 58.1 Å². The van der Waals surface area contributed by atoms with Gasteiger partial charge in [0, 0.05) is 38.7 Å². The van der Waals surface area contributed by atoms with Gasteiger partial charge < -0.3 is 25.0 Å². The number of hydrogen-bond donors (Lipinski definition) is 2. The average molecular weight is 479 g/mol. The number of piperazine rings is 1. The van der Waals surface area contributed by atoms with Gasteiger partial charge >= 0.3 is 12.1 Å². The number of carbonyl (C=O) groups is 2. The van der Waals surface area contributed by atoms with Crippen LogP contribution in [0.3, 0.4) is 0 Å². The molecule has 1 aliphatic rings. The van der Waals surface area contributed by atoms with Crippen LogP contribution in [0.4, 0.5) is 16.2 Å². The fourth-order valence-corrected chi connectivity index (χ4v) is 3.77. The van der Waals surface area contributed by atoms with E-state index >= 15 is 0 Å². The average Bonchev–Trinajstić information content (AvgIpc) is 2.75. The Morgan fingerprint density at radius 2 is 2.09 bits per heavy atom. The van der Waals surface area contributed by atoms with Gasteiger partial charge in [-0.15, -0.1) is 0 Å². The molecule has 1 amide bonds. The summed E-state index contributed by atoms with van der Waals surface area (Å²) in [5, 5.41) is 18.0. The van der Waals surface area contributed by atoms with Crippen LogP contribution in [0.25, 0.3) is 0 Å². The van der Waals surface area contributed by atoms with Gasteiger partial charge in [-0.1, -0.05) is 13.0 Å². The van der Waals surface area contributed by atoms with Crippen LogP contribution < -0.4 is 10.6 Å². The van der Waals surface area contributed by atoms with Gasteiger partial charge in [0.05, 0.1) is 17.6 Å². The van der Waals surface area contributed by atoms with Gasteiger partial charge in [-0.25, -0.2) is 4.79 Å². The highest BCUT2D eigenvalue weighted by Gasteiger charge is 2.30. The molecule has 0 aliphatic carbocycles. The quantitative estimate of drug-likeness (QED) is 0.296. The number of benzene rings is 1. The monoisotopic (exact) mass is 478 g/mol. The number of ether oxygens (including phenoxy) is 2. The number of nitro groups is 1. The van der Waals surface area contributed by atoms with Crippen LogP contribution >= 0.6 is 0 Å². The molecular weight excluding hydrogens is 440 g/mol. The zero-order valence-corrected chi connectivity index (χ0v) is 20.9. The maximum absolute atomic E-state index is 12.7. The van der Waals surface area contributed by atoms with Crippen molar-refractivity contribution in [2.24, 2.45) is 5.92 Å². The van der Waals surface area contributed by atoms with Crippen molar-refractivity contribution in [3.05, 3.63) is 33.9 Å². The molecule has 2 rings (SSSR count). The van der Waals surface area contributed by atoms with Gasteiger partial charge in [0.1, 0.15) is 11.3 Å². The molecule has 0 bridgehead atoms. The smallest absolute Gasteiger partial charge is 0.410 e. The van der Waals surface area contributed by atoms with E-state index in [0.29, 0.717) is 57.7 Å². The minimum atomic E-state index is -0.582. The highest BCUT2D eigenvalue weighted by Crippen LogP contribution is 2.27. The molecule has 2 N–H and O–H groups in total. The van der Waals surface area contributed by atoms with Crippen molar-refractivity contribution in [2.45, 2.75) is 65.5 Å². The maximum atomic E-state index is 12.7. The van der Waals surface area contributed by atoms with Crippen LogP contribution in [0, 0.1) is 16.0 Å². The first-order valence-electron chi connectivity index (χ1n) is 11.9. The predicted molar refractivity (Wildman–Crippen MR) is 130 cm³/mol. The van der Waals surface area contributed by atoms with Crippen molar-refractivity contribution in [3.63, 3.8) is 0 Å². The lowest BCUT2D eigenvalue weighted by Crippen LogP contribution is -2.55. The predicted octanol–water partition coefficient (Wildman–Crippen LogP) is 3.74. The summed E-state index contributed by atoms with van der Waals surface area (Å²) in [6.45, 7) is 11.9. The van der Waals surface area contributed by atoms with E-state index in [9.17, 15) is 19.7 Å². The number of anilines is 1. The van der Waals surface area contributed by atoms with E-state index < -0.39 is 10.5 Å². The lowest BCUT2D eigenvalue weighted by molar-refractivity contribution is -0.384. The Morgan fingerprint density at radius 1 is 1.35 bits per heavy atom. The fraction of sp³-hybridized carbons (Fsp3) is 0.667. The molecule has 1 aromatic carbocycles. The molecule has 190 valence electrons. The Bertz CT molecular complexity index is 854. The van der Waals surface area contributed by atoms with E-state index in [0.717, 1.165) is 5.56 Å². The molecule has 1 aliphatic heterocycles. The van der Waals surface area contributed by atoms with Gasteiger partial charge in [-0.2, -0.15) is 0 Å². The lowest BCUT2D eigenvalue weighted by Gasteiger charge is -2.37. The zero-order valence-electron chi connectivity index (χ0n) is 20.9. The molecule has 2 atom stereocenters. The van der Waals surface area contributed by atoms with Crippen molar-refractivity contribution in [1.29, 1.82) is 0 Å². The van der Waals surface area contributed by atoms with E-state index in [4.69, 9.17) is 9.47 Å². The minimum Gasteiger partial charge on any atom is -0.466 e. The maximum Gasteiger partial charge on any atom is 0.410 e. The summed E-state index contributed by atoms with van der Waals surface area (Å²) in [5.74, 6) is -0.115. The van der Waals surface area contributed by atoms with E-state index in [1.165, 1.54) is 6.07 Å². The summed E-state index contributed by atoms with van der Waals surface area (Å²) in [6.07, 6.45) is 1.12. The molecule has 1 saturated heterocycles. The van der Waals surface area contributed by atoms with Crippen molar-refractivity contribution >= 4 is 23.4 Å². The summed E-state index contributed by atoms with van der Waals surface area (Å²) in [4.78, 5) is 37.1. The first-order valence-corrected chi connectivity index (χ1v) is 11.9. The zero-order chi connectivity index (χ0) is 25.3. The van der Waals surface area contributed by atoms with Crippen LogP contribution in [0.5, 0.6) is 0 Å². The summed E-state index contributed by atoms with van der Waals surface area (Å²) in [6, 6.07) is 4.88. The number of rotatable bonds is 10. The minimum absolute atomic E-state index is 0.00731. The van der Waals surface area contributed by atoms with E-state index in [2.05, 4.69) is 10.6 Å². The topological polar surface area (TPSA) is 123 Å². The summed E-state index contributed by atoms with van der Waals surface area (Å²) in [5.41, 5.74) is 0.723. The Hall–Kier alpha value is -2.88. The first kappa shape index (κ1) is 27.4. The van der Waals surface area contributed by atoms with Crippen LogP contribution in [0.15, 0.2) is 18.2 Å². The second kappa shape index (κ2) is 12.5. The van der Waals surface area contributed by atoms with Crippen LogP contribution in [-0.4, -0.2) is 66.3 Å². The van der Waals surface area contributed by atoms with Crippen molar-refractivity contribution in [3.8, 4) is 0 Å². The fourth-order valence-electron chi connectivity index (χ4n) is 3.77.